The van der Waals surface area contributed by atoms with E-state index in [1.807, 2.05) is 0 Å². The predicted molar refractivity (Wildman–Crippen MR) is 51.3 cm³/mol. The van der Waals surface area contributed by atoms with Gasteiger partial charge in [0.2, 0.25) is 5.88 Å². The molecule has 0 unspecified atom stereocenters. The zero-order chi connectivity index (χ0) is 16.5. The quantitative estimate of drug-likeness (QED) is 0.362. The number of pyridine rings is 1. The van der Waals surface area contributed by atoms with Gasteiger partial charge in [-0.15, -0.1) is 13.2 Å². The topological polar surface area (TPSA) is 82.6 Å². The molecule has 0 saturated carbocycles. The van der Waals surface area contributed by atoms with Gasteiger partial charge in [-0.1, -0.05) is 0 Å². The first kappa shape index (κ1) is 17.0. The molecule has 1 aromatic heterocycles. The van der Waals surface area contributed by atoms with E-state index in [2.05, 4.69) is 13.9 Å². The molecule has 0 aliphatic heterocycles. The smallest absolute Gasteiger partial charge is 0.369 e. The Bertz CT molecular complexity index is 637. The number of hydrogen-bond donors (Lipinski definition) is 0. The summed E-state index contributed by atoms with van der Waals surface area (Å²) in [6.07, 6.45) is -4.72. The van der Waals surface area contributed by atoms with E-state index >= 15 is 0 Å². The molecule has 0 fully saturated rings. The summed E-state index contributed by atoms with van der Waals surface area (Å²) < 4.78 is 99.7. The predicted octanol–water partition coefficient (Wildman–Crippen LogP) is 1.99. The van der Waals surface area contributed by atoms with Gasteiger partial charge in [-0.25, -0.2) is 9.78 Å². The van der Waals surface area contributed by atoms with Gasteiger partial charge in [0.1, 0.15) is 5.56 Å². The molecule has 0 spiro atoms. The number of esters is 1. The summed E-state index contributed by atoms with van der Waals surface area (Å²) in [6, 6.07) is 1.41. The zero-order valence-electron chi connectivity index (χ0n) is 9.40. The van der Waals surface area contributed by atoms with Gasteiger partial charge in [0.25, 0.3) is 0 Å². The third-order valence-corrected chi connectivity index (χ3v) is 2.62. The zero-order valence-corrected chi connectivity index (χ0v) is 10.2. The first-order valence-electron chi connectivity index (χ1n) is 4.59. The molecular formula is C8H3F6NO5S. The fourth-order valence-corrected chi connectivity index (χ4v) is 1.36. The minimum Gasteiger partial charge on any atom is -0.369 e. The van der Waals surface area contributed by atoms with Crippen LogP contribution in [0.1, 0.15) is 10.4 Å². The molecule has 0 N–H and O–H groups in total. The van der Waals surface area contributed by atoms with Crippen molar-refractivity contribution in [1.29, 1.82) is 0 Å². The molecule has 0 radical (unpaired) electrons. The maximum Gasteiger partial charge on any atom is 0.575 e. The second-order valence-electron chi connectivity index (χ2n) is 3.17. The van der Waals surface area contributed by atoms with Crippen molar-refractivity contribution in [2.24, 2.45) is 0 Å². The number of nitrogens with zero attached hydrogens (tertiary/aromatic N) is 1. The Labute approximate surface area is 112 Å². The van der Waals surface area contributed by atoms with Crippen LogP contribution in [0, 0.1) is 0 Å². The molecule has 1 aromatic rings. The minimum absolute atomic E-state index is 0.544. The fraction of sp³-hybridized carbons (Fsp3) is 0.250. The van der Waals surface area contributed by atoms with Gasteiger partial charge in [0, 0.05) is 6.20 Å². The minimum atomic E-state index is -6.20. The highest BCUT2D eigenvalue weighted by Crippen LogP contribution is 2.28. The summed E-state index contributed by atoms with van der Waals surface area (Å²) in [7, 11) is -6.20. The Hall–Kier alpha value is -2.05. The summed E-state index contributed by atoms with van der Waals surface area (Å²) in [6.45, 7) is 0. The number of halogens is 6. The standard InChI is InChI=1S/C8H3F6NO5S/c9-7(10,11)19-6(16)4-2-1-3-15-5(4)20-21(17,18)8(12,13)14/h1-3H. The summed E-state index contributed by atoms with van der Waals surface area (Å²) in [5, 5.41) is 0. The molecule has 0 aromatic carbocycles. The molecule has 0 atom stereocenters. The molecular weight excluding hydrogens is 336 g/mol. The maximum absolute atomic E-state index is 12.1. The first-order valence-corrected chi connectivity index (χ1v) is 6.00. The van der Waals surface area contributed by atoms with Crippen LogP contribution in [0.4, 0.5) is 26.3 Å². The van der Waals surface area contributed by atoms with Crippen molar-refractivity contribution in [3.63, 3.8) is 0 Å². The van der Waals surface area contributed by atoms with Crippen LogP contribution < -0.4 is 4.18 Å². The monoisotopic (exact) mass is 339 g/mol. The lowest BCUT2D eigenvalue weighted by molar-refractivity contribution is -0.291. The van der Waals surface area contributed by atoms with E-state index in [0.717, 1.165) is 6.07 Å². The average Bonchev–Trinajstić information content (AvgIpc) is 2.25. The van der Waals surface area contributed by atoms with Crippen LogP contribution in [0.2, 0.25) is 0 Å². The number of rotatable bonds is 3. The lowest BCUT2D eigenvalue weighted by Gasteiger charge is -2.12. The Kier molecular flexibility index (Phi) is 4.36. The van der Waals surface area contributed by atoms with Crippen molar-refractivity contribution in [1.82, 2.24) is 4.98 Å². The Morgan fingerprint density at radius 1 is 1.14 bits per heavy atom. The largest absolute Gasteiger partial charge is 0.575 e. The van der Waals surface area contributed by atoms with E-state index in [4.69, 9.17) is 0 Å². The summed E-state index contributed by atoms with van der Waals surface area (Å²) >= 11 is 0. The second kappa shape index (κ2) is 5.38. The lowest BCUT2D eigenvalue weighted by atomic mass is 10.3. The molecule has 0 amide bonds. The third-order valence-electron chi connectivity index (χ3n) is 1.67. The highest BCUT2D eigenvalue weighted by Gasteiger charge is 2.49. The van der Waals surface area contributed by atoms with E-state index in [-0.39, 0.29) is 0 Å². The number of carbonyl (C=O) groups excluding carboxylic acids is 1. The van der Waals surface area contributed by atoms with E-state index < -0.39 is 39.4 Å². The molecule has 0 aliphatic carbocycles. The van der Waals surface area contributed by atoms with Gasteiger partial charge >= 0.3 is 28.0 Å². The van der Waals surface area contributed by atoms with Crippen LogP contribution >= 0.6 is 0 Å². The van der Waals surface area contributed by atoms with Gasteiger partial charge < -0.3 is 8.92 Å². The fourth-order valence-electron chi connectivity index (χ4n) is 0.924. The van der Waals surface area contributed by atoms with E-state index in [9.17, 15) is 39.6 Å². The van der Waals surface area contributed by atoms with Gasteiger partial charge in [-0.2, -0.15) is 21.6 Å². The molecule has 118 valence electrons. The Balaban J connectivity index is 3.15. The van der Waals surface area contributed by atoms with Crippen LogP contribution in [-0.4, -0.2) is 31.2 Å². The molecule has 21 heavy (non-hydrogen) atoms. The van der Waals surface area contributed by atoms with Gasteiger partial charge in [-0.3, -0.25) is 0 Å². The Morgan fingerprint density at radius 2 is 1.71 bits per heavy atom. The van der Waals surface area contributed by atoms with Crippen LogP contribution in [0.15, 0.2) is 18.3 Å². The Morgan fingerprint density at radius 3 is 2.19 bits per heavy atom. The summed E-state index contributed by atoms with van der Waals surface area (Å²) in [5.41, 5.74) is -7.10. The van der Waals surface area contributed by atoms with Crippen molar-refractivity contribution < 1.29 is 48.5 Å². The number of carbonyl (C=O) groups is 1. The van der Waals surface area contributed by atoms with Crippen molar-refractivity contribution in [3.8, 4) is 5.88 Å². The van der Waals surface area contributed by atoms with E-state index in [1.54, 1.807) is 0 Å². The van der Waals surface area contributed by atoms with Crippen molar-refractivity contribution in [2.75, 3.05) is 0 Å². The molecule has 0 bridgehead atoms. The molecule has 13 heteroatoms. The first-order chi connectivity index (χ1) is 9.33. The van der Waals surface area contributed by atoms with Gasteiger partial charge in [-0.05, 0) is 12.1 Å². The van der Waals surface area contributed by atoms with Crippen molar-refractivity contribution in [3.05, 3.63) is 23.9 Å². The van der Waals surface area contributed by atoms with Crippen molar-refractivity contribution in [2.45, 2.75) is 11.9 Å². The van der Waals surface area contributed by atoms with Crippen LogP contribution in [0.3, 0.4) is 0 Å². The molecule has 0 aliphatic rings. The number of hydrogen-bond acceptors (Lipinski definition) is 6. The van der Waals surface area contributed by atoms with E-state index in [0.29, 0.717) is 12.3 Å². The molecule has 1 rings (SSSR count). The number of aromatic nitrogens is 1. The van der Waals surface area contributed by atoms with Crippen molar-refractivity contribution >= 4 is 16.1 Å². The molecule has 0 saturated heterocycles. The van der Waals surface area contributed by atoms with Crippen LogP contribution in [-0.2, 0) is 14.9 Å². The maximum atomic E-state index is 12.1. The molecule has 1 heterocycles. The second-order valence-corrected chi connectivity index (χ2v) is 4.71. The summed E-state index contributed by atoms with van der Waals surface area (Å²) in [4.78, 5) is 14.0. The third kappa shape index (κ3) is 4.47. The number of alkyl halides is 6. The van der Waals surface area contributed by atoms with Gasteiger partial charge in [0.05, 0.1) is 0 Å². The van der Waals surface area contributed by atoms with E-state index in [1.165, 1.54) is 0 Å². The molecule has 6 nitrogen and oxygen atoms in total. The van der Waals surface area contributed by atoms with Crippen LogP contribution in [0.5, 0.6) is 5.88 Å². The SMILES string of the molecule is O=C(OC(F)(F)F)c1cccnc1OS(=O)(=O)C(F)(F)F. The van der Waals surface area contributed by atoms with Crippen LogP contribution in [0.25, 0.3) is 0 Å². The normalized spacial score (nSPS) is 12.9. The average molecular weight is 339 g/mol. The van der Waals surface area contributed by atoms with Gasteiger partial charge in [0.15, 0.2) is 0 Å². The highest BCUT2D eigenvalue weighted by molar-refractivity contribution is 7.87. The lowest BCUT2D eigenvalue weighted by Crippen LogP contribution is -2.29. The number of ether oxygens (including phenoxy) is 1. The highest BCUT2D eigenvalue weighted by atomic mass is 32.2. The summed E-state index contributed by atoms with van der Waals surface area (Å²) in [5.74, 6) is -3.67.